The zero-order valence-electron chi connectivity index (χ0n) is 16.6. The Morgan fingerprint density at radius 2 is 1.76 bits per heavy atom. The van der Waals surface area contributed by atoms with Gasteiger partial charge in [-0.3, -0.25) is 9.69 Å². The first kappa shape index (κ1) is 18.9. The molecule has 0 aromatic heterocycles. The average molecular weight is 349 g/mol. The lowest BCUT2D eigenvalue weighted by Gasteiger charge is -2.34. The van der Waals surface area contributed by atoms with Gasteiger partial charge < -0.3 is 9.64 Å². The number of rotatable bonds is 5. The normalized spacial score (nSPS) is 30.2. The number of likely N-dealkylation sites (tertiary alicyclic amines) is 1. The first-order valence-corrected chi connectivity index (χ1v) is 10.1. The van der Waals surface area contributed by atoms with Crippen molar-refractivity contribution < 1.29 is 9.53 Å². The predicted octanol–water partition coefficient (Wildman–Crippen LogP) is 3.19. The summed E-state index contributed by atoms with van der Waals surface area (Å²) in [6.45, 7) is 15.8. The van der Waals surface area contributed by atoms with Crippen LogP contribution >= 0.6 is 0 Å². The molecule has 0 aromatic carbocycles. The summed E-state index contributed by atoms with van der Waals surface area (Å²) < 4.78 is 5.42. The highest BCUT2D eigenvalue weighted by atomic mass is 16.5. The summed E-state index contributed by atoms with van der Waals surface area (Å²) in [6, 6.07) is 0. The molecule has 25 heavy (non-hydrogen) atoms. The van der Waals surface area contributed by atoms with Gasteiger partial charge in [-0.05, 0) is 56.9 Å². The molecule has 1 aliphatic carbocycles. The minimum atomic E-state index is 0.140. The van der Waals surface area contributed by atoms with E-state index in [4.69, 9.17) is 4.74 Å². The molecule has 0 N–H and O–H groups in total. The third kappa shape index (κ3) is 4.46. The second-order valence-electron chi connectivity index (χ2n) is 9.08. The summed E-state index contributed by atoms with van der Waals surface area (Å²) in [4.78, 5) is 17.6. The summed E-state index contributed by atoms with van der Waals surface area (Å²) in [6.07, 6.45) is 5.93. The number of allylic oxidation sites excluding steroid dienone is 2. The number of hydrogen-bond donors (Lipinski definition) is 0. The minimum absolute atomic E-state index is 0.140. The molecular formula is C21H36N2O2. The van der Waals surface area contributed by atoms with Crippen LogP contribution in [0.2, 0.25) is 0 Å². The van der Waals surface area contributed by atoms with E-state index in [0.29, 0.717) is 11.8 Å². The SMILES string of the molecule is CC(C)=C[C@@H]1[C@H](C(=O)N2CCC(CCN3CCOCC3)CC2)C1(C)C. The van der Waals surface area contributed by atoms with Gasteiger partial charge in [-0.1, -0.05) is 25.5 Å². The molecule has 0 spiro atoms. The van der Waals surface area contributed by atoms with Gasteiger partial charge >= 0.3 is 0 Å². The second kappa shape index (κ2) is 7.79. The van der Waals surface area contributed by atoms with Crippen LogP contribution in [0.1, 0.15) is 47.0 Å². The van der Waals surface area contributed by atoms with Crippen LogP contribution < -0.4 is 0 Å². The Morgan fingerprint density at radius 1 is 1.12 bits per heavy atom. The maximum atomic E-state index is 13.0. The summed E-state index contributed by atoms with van der Waals surface area (Å²) in [5.41, 5.74) is 1.47. The molecule has 0 aromatic rings. The molecule has 0 unspecified atom stereocenters. The first-order valence-electron chi connectivity index (χ1n) is 10.1. The molecule has 2 heterocycles. The molecule has 1 amide bonds. The zero-order chi connectivity index (χ0) is 18.0. The quantitative estimate of drug-likeness (QED) is 0.716. The van der Waals surface area contributed by atoms with Crippen LogP contribution in [0, 0.1) is 23.2 Å². The van der Waals surface area contributed by atoms with Crippen LogP contribution in [0.5, 0.6) is 0 Å². The lowest BCUT2D eigenvalue weighted by molar-refractivity contribution is -0.134. The van der Waals surface area contributed by atoms with E-state index < -0.39 is 0 Å². The topological polar surface area (TPSA) is 32.8 Å². The Morgan fingerprint density at radius 3 is 2.36 bits per heavy atom. The molecule has 3 rings (SSSR count). The third-order valence-electron chi connectivity index (χ3n) is 6.57. The molecule has 4 heteroatoms. The lowest BCUT2D eigenvalue weighted by atomic mass is 9.93. The Hall–Kier alpha value is -0.870. The highest BCUT2D eigenvalue weighted by Crippen LogP contribution is 2.60. The molecule has 3 fully saturated rings. The highest BCUT2D eigenvalue weighted by Gasteiger charge is 2.61. The van der Waals surface area contributed by atoms with Crippen molar-refractivity contribution in [3.8, 4) is 0 Å². The number of carbonyl (C=O) groups excluding carboxylic acids is 1. The highest BCUT2D eigenvalue weighted by molar-refractivity contribution is 5.84. The molecule has 3 aliphatic rings. The van der Waals surface area contributed by atoms with Gasteiger partial charge in [0.2, 0.25) is 5.91 Å². The molecular weight excluding hydrogens is 312 g/mol. The Balaban J connectivity index is 1.43. The Bertz CT molecular complexity index is 496. The number of amides is 1. The fourth-order valence-corrected chi connectivity index (χ4v) is 4.65. The van der Waals surface area contributed by atoms with Crippen molar-refractivity contribution in [2.75, 3.05) is 45.9 Å². The zero-order valence-corrected chi connectivity index (χ0v) is 16.6. The van der Waals surface area contributed by atoms with Gasteiger partial charge in [0.25, 0.3) is 0 Å². The van der Waals surface area contributed by atoms with Crippen molar-refractivity contribution in [1.82, 2.24) is 9.80 Å². The second-order valence-corrected chi connectivity index (χ2v) is 9.08. The van der Waals surface area contributed by atoms with E-state index in [1.807, 2.05) is 0 Å². The Labute approximate surface area is 153 Å². The van der Waals surface area contributed by atoms with E-state index in [-0.39, 0.29) is 11.3 Å². The van der Waals surface area contributed by atoms with Crippen molar-refractivity contribution in [2.24, 2.45) is 23.2 Å². The Kier molecular flexibility index (Phi) is 5.89. The van der Waals surface area contributed by atoms with Gasteiger partial charge in [-0.2, -0.15) is 0 Å². The van der Waals surface area contributed by atoms with Gasteiger partial charge in [0.05, 0.1) is 19.1 Å². The smallest absolute Gasteiger partial charge is 0.226 e. The van der Waals surface area contributed by atoms with E-state index in [1.165, 1.54) is 31.4 Å². The fourth-order valence-electron chi connectivity index (χ4n) is 4.65. The van der Waals surface area contributed by atoms with Gasteiger partial charge in [0.1, 0.15) is 0 Å². The van der Waals surface area contributed by atoms with Crippen molar-refractivity contribution in [2.45, 2.75) is 47.0 Å². The molecule has 1 saturated carbocycles. The van der Waals surface area contributed by atoms with E-state index in [9.17, 15) is 4.79 Å². The van der Waals surface area contributed by atoms with Crippen LogP contribution in [-0.4, -0.2) is 61.6 Å². The molecule has 4 nitrogen and oxygen atoms in total. The number of carbonyl (C=O) groups is 1. The summed E-state index contributed by atoms with van der Waals surface area (Å²) in [5, 5.41) is 0. The molecule has 142 valence electrons. The largest absolute Gasteiger partial charge is 0.379 e. The van der Waals surface area contributed by atoms with Crippen LogP contribution in [0.3, 0.4) is 0 Å². The van der Waals surface area contributed by atoms with Crippen molar-refractivity contribution in [1.29, 1.82) is 0 Å². The molecule has 2 atom stereocenters. The lowest BCUT2D eigenvalue weighted by Crippen LogP contribution is -2.41. The molecule has 2 saturated heterocycles. The van der Waals surface area contributed by atoms with Crippen molar-refractivity contribution in [3.63, 3.8) is 0 Å². The van der Waals surface area contributed by atoms with Crippen LogP contribution in [0.25, 0.3) is 0 Å². The maximum absolute atomic E-state index is 13.0. The van der Waals surface area contributed by atoms with E-state index >= 15 is 0 Å². The maximum Gasteiger partial charge on any atom is 0.226 e. The van der Waals surface area contributed by atoms with Crippen molar-refractivity contribution in [3.05, 3.63) is 11.6 Å². The average Bonchev–Trinajstić information content (AvgIpc) is 3.13. The molecule has 2 aliphatic heterocycles. The minimum Gasteiger partial charge on any atom is -0.379 e. The first-order chi connectivity index (χ1) is 11.9. The van der Waals surface area contributed by atoms with Gasteiger partial charge in [-0.15, -0.1) is 0 Å². The van der Waals surface area contributed by atoms with Gasteiger partial charge in [0.15, 0.2) is 0 Å². The van der Waals surface area contributed by atoms with E-state index in [2.05, 4.69) is 43.6 Å². The van der Waals surface area contributed by atoms with E-state index in [0.717, 1.165) is 45.3 Å². The predicted molar refractivity (Wildman–Crippen MR) is 101 cm³/mol. The number of nitrogens with zero attached hydrogens (tertiary/aromatic N) is 2. The number of piperidine rings is 1. The summed E-state index contributed by atoms with van der Waals surface area (Å²) in [5.74, 6) is 1.82. The van der Waals surface area contributed by atoms with Crippen LogP contribution in [0.15, 0.2) is 11.6 Å². The van der Waals surface area contributed by atoms with Gasteiger partial charge in [0, 0.05) is 26.2 Å². The number of morpholine rings is 1. The number of ether oxygens (including phenoxy) is 1. The van der Waals surface area contributed by atoms with Crippen molar-refractivity contribution >= 4 is 5.91 Å². The van der Waals surface area contributed by atoms with Gasteiger partial charge in [-0.25, -0.2) is 0 Å². The van der Waals surface area contributed by atoms with Crippen LogP contribution in [-0.2, 0) is 9.53 Å². The summed E-state index contributed by atoms with van der Waals surface area (Å²) in [7, 11) is 0. The summed E-state index contributed by atoms with van der Waals surface area (Å²) >= 11 is 0. The fraction of sp³-hybridized carbons (Fsp3) is 0.857. The number of hydrogen-bond acceptors (Lipinski definition) is 3. The monoisotopic (exact) mass is 348 g/mol. The third-order valence-corrected chi connectivity index (χ3v) is 6.57. The van der Waals surface area contributed by atoms with Crippen LogP contribution in [0.4, 0.5) is 0 Å². The van der Waals surface area contributed by atoms with E-state index in [1.54, 1.807) is 0 Å². The standard InChI is InChI=1S/C21H36N2O2/c1-16(2)15-18-19(21(18,3)4)20(24)23-9-6-17(7-10-23)5-8-22-11-13-25-14-12-22/h15,17-19H,5-14H2,1-4H3/t18-,19-/m1/s1. The molecule has 0 bridgehead atoms. The molecule has 0 radical (unpaired) electrons.